The van der Waals surface area contributed by atoms with Gasteiger partial charge in [0.15, 0.2) is 11.5 Å². The zero-order valence-electron chi connectivity index (χ0n) is 23.1. The fourth-order valence-corrected chi connectivity index (χ4v) is 3.71. The Hall–Kier alpha value is -5.70. The molecule has 0 saturated carbocycles. The van der Waals surface area contributed by atoms with Crippen molar-refractivity contribution >= 4 is 35.8 Å². The molecule has 4 aromatic carbocycles. The zero-order valence-corrected chi connectivity index (χ0v) is 23.1. The summed E-state index contributed by atoms with van der Waals surface area (Å²) >= 11 is 0. The highest BCUT2D eigenvalue weighted by Gasteiger charge is 2.11. The number of esters is 1. The van der Waals surface area contributed by atoms with E-state index in [4.69, 9.17) is 14.2 Å². The molecule has 2 amide bonds. The maximum Gasteiger partial charge on any atom is 0.336 e. The Morgan fingerprint density at radius 2 is 1.48 bits per heavy atom. The number of anilines is 1. The molecule has 0 atom stereocenters. The number of methoxy groups -OCH3 is 1. The van der Waals surface area contributed by atoms with Crippen LogP contribution in [-0.4, -0.2) is 37.7 Å². The first kappa shape index (κ1) is 29.3. The molecule has 4 rings (SSSR count). The van der Waals surface area contributed by atoms with E-state index in [1.807, 2.05) is 37.3 Å². The van der Waals surface area contributed by atoms with Gasteiger partial charge in [-0.15, -0.1) is 0 Å². The Balaban J connectivity index is 1.32. The first-order valence-electron chi connectivity index (χ1n) is 13.1. The minimum Gasteiger partial charge on any atom is -0.497 e. The molecule has 42 heavy (non-hydrogen) atoms. The summed E-state index contributed by atoms with van der Waals surface area (Å²) in [5, 5.41) is 6.80. The van der Waals surface area contributed by atoms with Gasteiger partial charge in [0.05, 0.1) is 19.9 Å². The quantitative estimate of drug-likeness (QED) is 0.0792. The van der Waals surface area contributed by atoms with Crippen LogP contribution in [0.25, 0.3) is 6.08 Å². The molecular weight excluding hydrogens is 534 g/mol. The molecule has 4 aromatic rings. The van der Waals surface area contributed by atoms with Crippen molar-refractivity contribution in [1.82, 2.24) is 5.43 Å². The number of nitrogens with zero attached hydrogens (tertiary/aromatic N) is 1. The van der Waals surface area contributed by atoms with Crippen molar-refractivity contribution in [3.05, 3.63) is 125 Å². The van der Waals surface area contributed by atoms with Crippen LogP contribution in [0.3, 0.4) is 0 Å². The van der Waals surface area contributed by atoms with Crippen LogP contribution in [0.1, 0.15) is 38.8 Å². The number of benzene rings is 4. The van der Waals surface area contributed by atoms with E-state index in [1.54, 1.807) is 79.9 Å². The average Bonchev–Trinajstić information content (AvgIpc) is 3.02. The van der Waals surface area contributed by atoms with E-state index in [2.05, 4.69) is 15.8 Å². The predicted octanol–water partition coefficient (Wildman–Crippen LogP) is 5.73. The van der Waals surface area contributed by atoms with E-state index in [-0.39, 0.29) is 11.7 Å². The molecule has 0 fully saturated rings. The van der Waals surface area contributed by atoms with Gasteiger partial charge in [0.25, 0.3) is 11.8 Å². The van der Waals surface area contributed by atoms with Crippen LogP contribution < -0.4 is 25.0 Å². The molecule has 0 heterocycles. The Bertz CT molecular complexity index is 1580. The molecule has 9 heteroatoms. The van der Waals surface area contributed by atoms with Crippen molar-refractivity contribution < 1.29 is 28.6 Å². The maximum absolute atomic E-state index is 12.5. The molecule has 9 nitrogen and oxygen atoms in total. The molecule has 0 aromatic heterocycles. The van der Waals surface area contributed by atoms with E-state index < -0.39 is 11.9 Å². The highest BCUT2D eigenvalue weighted by Crippen LogP contribution is 2.28. The van der Waals surface area contributed by atoms with Crippen LogP contribution in [0.15, 0.2) is 108 Å². The molecule has 0 radical (unpaired) electrons. The van der Waals surface area contributed by atoms with Crippen LogP contribution >= 0.6 is 0 Å². The third kappa shape index (κ3) is 8.40. The number of hydrogen-bond acceptors (Lipinski definition) is 7. The summed E-state index contributed by atoms with van der Waals surface area (Å²) < 4.78 is 16.2. The molecule has 0 bridgehead atoms. The number of rotatable bonds is 11. The minimum absolute atomic E-state index is 0.264. The Labute approximate surface area is 243 Å². The van der Waals surface area contributed by atoms with Crippen LogP contribution in [-0.2, 0) is 4.79 Å². The first-order valence-corrected chi connectivity index (χ1v) is 13.1. The lowest BCUT2D eigenvalue weighted by Gasteiger charge is -2.10. The lowest BCUT2D eigenvalue weighted by molar-refractivity contribution is -0.129. The molecule has 0 spiro atoms. The highest BCUT2D eigenvalue weighted by atomic mass is 16.6. The summed E-state index contributed by atoms with van der Waals surface area (Å²) in [7, 11) is 1.56. The smallest absolute Gasteiger partial charge is 0.336 e. The second-order valence-electron chi connectivity index (χ2n) is 8.76. The molecule has 212 valence electrons. The number of nitrogens with one attached hydrogen (secondary N) is 2. The summed E-state index contributed by atoms with van der Waals surface area (Å²) in [6, 6.07) is 27.5. The van der Waals surface area contributed by atoms with E-state index in [0.717, 1.165) is 5.56 Å². The van der Waals surface area contributed by atoms with Crippen LogP contribution in [0.5, 0.6) is 17.2 Å². The normalized spacial score (nSPS) is 10.8. The zero-order chi connectivity index (χ0) is 29.7. The van der Waals surface area contributed by atoms with E-state index in [9.17, 15) is 14.4 Å². The lowest BCUT2D eigenvalue weighted by Crippen LogP contribution is -2.18. The number of ether oxygens (including phenoxy) is 3. The monoisotopic (exact) mass is 563 g/mol. The topological polar surface area (TPSA) is 115 Å². The SMILES string of the molecule is CCOc1cc(/C=N\NC(=O)c2ccc(NC(=O)c3ccc(OC)cc3)cc2)ccc1OC(=O)/C=C/c1ccccc1. The summed E-state index contributed by atoms with van der Waals surface area (Å²) in [4.78, 5) is 37.3. The van der Waals surface area contributed by atoms with Crippen LogP contribution in [0, 0.1) is 0 Å². The Morgan fingerprint density at radius 3 is 2.17 bits per heavy atom. The van der Waals surface area contributed by atoms with Gasteiger partial charge in [-0.25, -0.2) is 10.2 Å². The van der Waals surface area contributed by atoms with Gasteiger partial charge in [-0.2, -0.15) is 5.10 Å². The number of amides is 2. The molecular formula is C33H29N3O6. The van der Waals surface area contributed by atoms with Gasteiger partial charge in [-0.3, -0.25) is 9.59 Å². The van der Waals surface area contributed by atoms with Crippen LogP contribution in [0.2, 0.25) is 0 Å². The predicted molar refractivity (Wildman–Crippen MR) is 161 cm³/mol. The van der Waals surface area contributed by atoms with E-state index >= 15 is 0 Å². The number of carbonyl (C=O) groups excluding carboxylic acids is 3. The first-order chi connectivity index (χ1) is 20.4. The summed E-state index contributed by atoms with van der Waals surface area (Å²) in [6.07, 6.45) is 4.46. The van der Waals surface area contributed by atoms with Gasteiger partial charge in [0.1, 0.15) is 5.75 Å². The van der Waals surface area contributed by atoms with Gasteiger partial charge in [-0.05, 0) is 90.9 Å². The lowest BCUT2D eigenvalue weighted by atomic mass is 10.1. The van der Waals surface area contributed by atoms with Gasteiger partial charge in [0, 0.05) is 22.9 Å². The van der Waals surface area contributed by atoms with Gasteiger partial charge >= 0.3 is 5.97 Å². The van der Waals surface area contributed by atoms with Crippen molar-refractivity contribution in [1.29, 1.82) is 0 Å². The highest BCUT2D eigenvalue weighted by molar-refractivity contribution is 6.04. The fourth-order valence-electron chi connectivity index (χ4n) is 3.71. The second-order valence-corrected chi connectivity index (χ2v) is 8.76. The molecule has 0 aliphatic rings. The van der Waals surface area contributed by atoms with Gasteiger partial charge < -0.3 is 19.5 Å². The Kier molecular flexibility index (Phi) is 10.2. The summed E-state index contributed by atoms with van der Waals surface area (Å²) in [6.45, 7) is 2.18. The molecule has 0 unspecified atom stereocenters. The van der Waals surface area contributed by atoms with Crippen molar-refractivity contribution in [2.24, 2.45) is 5.10 Å². The van der Waals surface area contributed by atoms with Crippen molar-refractivity contribution in [2.75, 3.05) is 19.0 Å². The minimum atomic E-state index is -0.542. The average molecular weight is 564 g/mol. The van der Waals surface area contributed by atoms with E-state index in [0.29, 0.717) is 40.5 Å². The Morgan fingerprint density at radius 1 is 0.786 bits per heavy atom. The molecule has 0 aliphatic carbocycles. The molecule has 2 N–H and O–H groups in total. The van der Waals surface area contributed by atoms with Gasteiger partial charge in [-0.1, -0.05) is 30.3 Å². The van der Waals surface area contributed by atoms with Crippen molar-refractivity contribution in [3.63, 3.8) is 0 Å². The summed E-state index contributed by atoms with van der Waals surface area (Å²) in [5.74, 6) is 0.0289. The largest absolute Gasteiger partial charge is 0.497 e. The van der Waals surface area contributed by atoms with Crippen molar-refractivity contribution in [3.8, 4) is 17.2 Å². The van der Waals surface area contributed by atoms with E-state index in [1.165, 1.54) is 12.3 Å². The fraction of sp³-hybridized carbons (Fsp3) is 0.0909. The number of carbonyl (C=O) groups is 3. The van der Waals surface area contributed by atoms with Gasteiger partial charge in [0.2, 0.25) is 0 Å². The molecule has 0 aliphatic heterocycles. The van der Waals surface area contributed by atoms with Crippen molar-refractivity contribution in [2.45, 2.75) is 6.92 Å². The second kappa shape index (κ2) is 14.6. The number of hydrazone groups is 1. The number of hydrogen-bond donors (Lipinski definition) is 2. The summed E-state index contributed by atoms with van der Waals surface area (Å²) in [5.41, 5.74) is 5.34. The van der Waals surface area contributed by atoms with Crippen LogP contribution in [0.4, 0.5) is 5.69 Å². The standard InChI is InChI=1S/C33H29N3O6/c1-3-41-30-21-24(9-19-29(30)42-31(37)20-10-23-7-5-4-6-8-23)22-34-36-33(39)26-11-15-27(16-12-26)35-32(38)25-13-17-28(40-2)18-14-25/h4-22H,3H2,1-2H3,(H,35,38)(H,36,39)/b20-10+,34-22-. The third-order valence-corrected chi connectivity index (χ3v) is 5.83. The molecule has 0 saturated heterocycles. The maximum atomic E-state index is 12.5. The third-order valence-electron chi connectivity index (χ3n) is 5.83.